The maximum absolute atomic E-state index is 11.9. The number of allylic oxidation sites excluding steroid dienone is 3. The number of fused-ring (bicyclic) bond motifs is 1. The van der Waals surface area contributed by atoms with Gasteiger partial charge in [0.1, 0.15) is 6.61 Å². The van der Waals surface area contributed by atoms with Crippen LogP contribution < -0.4 is 4.90 Å². The quantitative estimate of drug-likeness (QED) is 0.238. The van der Waals surface area contributed by atoms with Crippen LogP contribution in [0.15, 0.2) is 88.6 Å². The lowest BCUT2D eigenvalue weighted by Crippen LogP contribution is -2.55. The molecule has 1 spiro atoms. The van der Waals surface area contributed by atoms with Crippen LogP contribution in [0.1, 0.15) is 67.2 Å². The topological polar surface area (TPSA) is 51.2 Å². The monoisotopic (exact) mass is 586 g/mol. The molecular weight excluding hydrogens is 536 g/mol. The molecule has 1 fully saturated rings. The number of carbonyl (C=O) groups is 1. The van der Waals surface area contributed by atoms with E-state index in [0.29, 0.717) is 6.04 Å². The first kappa shape index (κ1) is 31.5. The molecule has 0 aromatic heterocycles. The highest BCUT2D eigenvalue weighted by molar-refractivity contribution is 5.66. The maximum Gasteiger partial charge on any atom is 0.302 e. The van der Waals surface area contributed by atoms with Crippen LogP contribution in [0.25, 0.3) is 0 Å². The Morgan fingerprint density at radius 3 is 2.47 bits per heavy atom. The molecule has 232 valence electrons. The number of benzene rings is 1. The summed E-state index contributed by atoms with van der Waals surface area (Å²) in [5.41, 5.74) is 7.66. The summed E-state index contributed by atoms with van der Waals surface area (Å²) in [4.78, 5) is 17.0. The Bertz CT molecular complexity index is 1300. The number of anilines is 1. The molecule has 1 aliphatic carbocycles. The van der Waals surface area contributed by atoms with Gasteiger partial charge in [0.2, 0.25) is 5.79 Å². The molecule has 5 atom stereocenters. The lowest BCUT2D eigenvalue weighted by atomic mass is 9.76. The lowest BCUT2D eigenvalue weighted by Gasteiger charge is -2.49. The summed E-state index contributed by atoms with van der Waals surface area (Å²) in [6.45, 7) is 16.7. The zero-order valence-corrected chi connectivity index (χ0v) is 27.0. The summed E-state index contributed by atoms with van der Waals surface area (Å²) in [6.07, 6.45) is 14.7. The number of hydrogen-bond donors (Lipinski definition) is 0. The molecule has 0 bridgehead atoms. The number of hydrogen-bond acceptors (Lipinski definition) is 6. The molecule has 0 amide bonds. The van der Waals surface area contributed by atoms with E-state index >= 15 is 0 Å². The average molecular weight is 587 g/mol. The Morgan fingerprint density at radius 2 is 1.77 bits per heavy atom. The van der Waals surface area contributed by atoms with E-state index in [0.717, 1.165) is 57.4 Å². The third-order valence-electron chi connectivity index (χ3n) is 9.20. The summed E-state index contributed by atoms with van der Waals surface area (Å²) in [5.74, 6) is -1.10. The van der Waals surface area contributed by atoms with Crippen molar-refractivity contribution in [1.29, 1.82) is 0 Å². The fourth-order valence-electron chi connectivity index (χ4n) is 7.09. The van der Waals surface area contributed by atoms with E-state index in [1.54, 1.807) is 0 Å². The van der Waals surface area contributed by atoms with Gasteiger partial charge in [-0.3, -0.25) is 9.69 Å². The van der Waals surface area contributed by atoms with Gasteiger partial charge in [-0.2, -0.15) is 0 Å². The summed E-state index contributed by atoms with van der Waals surface area (Å²) < 4.78 is 19.2. The molecule has 6 nitrogen and oxygen atoms in total. The molecule has 43 heavy (non-hydrogen) atoms. The highest BCUT2D eigenvalue weighted by atomic mass is 16.7. The van der Waals surface area contributed by atoms with E-state index in [9.17, 15) is 4.79 Å². The molecule has 0 radical (unpaired) electrons. The molecule has 3 aliphatic heterocycles. The largest absolute Gasteiger partial charge is 0.461 e. The van der Waals surface area contributed by atoms with E-state index in [-0.39, 0.29) is 30.7 Å². The second kappa shape index (κ2) is 13.8. The Balaban J connectivity index is 1.34. The Kier molecular flexibility index (Phi) is 10.1. The lowest BCUT2D eigenvalue weighted by molar-refractivity contribution is -0.226. The van der Waals surface area contributed by atoms with Gasteiger partial charge in [-0.05, 0) is 90.2 Å². The predicted octanol–water partition coefficient (Wildman–Crippen LogP) is 7.16. The first-order chi connectivity index (χ1) is 20.6. The van der Waals surface area contributed by atoms with Crippen LogP contribution in [0.4, 0.5) is 5.69 Å². The minimum absolute atomic E-state index is 0.0678. The standard InChI is InChI=1S/C37H50N2O4/c1-26(2)11-10-12-27(3)19-33-20-28(4)23-37(42-33)24-31(25-41-30(6)40)34-22-35(29(5)21-36(34)43-37)39-17-15-38(16-18-39)32-13-8-7-9-14-32/h7-9,11,13-14,19,21,23-24,33-36H,10,12,15-18,20,22,25H2,1-6H3/t33-,34-,35-,36-,37+/m1/s1. The SMILES string of the molecule is CC(=O)OCC1=C[C@]2(C=C(C)C[C@@H](C=C(C)CCC=C(C)C)O2)O[C@@H]2C=C(C)[C@H](N3CCN(c4ccccc4)CC3)C[C@H]12. The van der Waals surface area contributed by atoms with E-state index in [4.69, 9.17) is 14.2 Å². The summed E-state index contributed by atoms with van der Waals surface area (Å²) in [6, 6.07) is 11.0. The molecule has 0 unspecified atom stereocenters. The van der Waals surface area contributed by atoms with Gasteiger partial charge in [0.15, 0.2) is 0 Å². The molecule has 0 N–H and O–H groups in total. The van der Waals surface area contributed by atoms with Crippen LogP contribution in [0.3, 0.4) is 0 Å². The van der Waals surface area contributed by atoms with Crippen LogP contribution >= 0.6 is 0 Å². The van der Waals surface area contributed by atoms with Crippen molar-refractivity contribution in [1.82, 2.24) is 4.90 Å². The second-order valence-electron chi connectivity index (χ2n) is 13.1. The minimum atomic E-state index is -0.967. The van der Waals surface area contributed by atoms with Gasteiger partial charge in [-0.1, -0.05) is 58.7 Å². The van der Waals surface area contributed by atoms with Crippen molar-refractivity contribution >= 4 is 11.7 Å². The third kappa shape index (κ3) is 7.97. The first-order valence-corrected chi connectivity index (χ1v) is 16.0. The van der Waals surface area contributed by atoms with Gasteiger partial charge in [-0.25, -0.2) is 0 Å². The highest BCUT2D eigenvalue weighted by Crippen LogP contribution is 2.44. The van der Waals surface area contributed by atoms with Crippen LogP contribution in [0.2, 0.25) is 0 Å². The fraction of sp³-hybridized carbons (Fsp3) is 0.541. The Hall–Kier alpha value is -2.93. The van der Waals surface area contributed by atoms with E-state index < -0.39 is 5.79 Å². The van der Waals surface area contributed by atoms with Crippen molar-refractivity contribution in [3.63, 3.8) is 0 Å². The minimum Gasteiger partial charge on any atom is -0.461 e. The predicted molar refractivity (Wildman–Crippen MR) is 174 cm³/mol. The van der Waals surface area contributed by atoms with E-state index in [2.05, 4.69) is 105 Å². The molecule has 4 aliphatic rings. The van der Waals surface area contributed by atoms with Crippen LogP contribution in [0.5, 0.6) is 0 Å². The third-order valence-corrected chi connectivity index (χ3v) is 9.20. The number of rotatable bonds is 8. The smallest absolute Gasteiger partial charge is 0.302 e. The molecule has 1 saturated heterocycles. The van der Waals surface area contributed by atoms with Gasteiger partial charge < -0.3 is 19.1 Å². The molecule has 6 heteroatoms. The van der Waals surface area contributed by atoms with Gasteiger partial charge in [0.05, 0.1) is 12.2 Å². The number of carbonyl (C=O) groups excluding carboxylic acids is 1. The van der Waals surface area contributed by atoms with Gasteiger partial charge in [0, 0.05) is 50.7 Å². The second-order valence-corrected chi connectivity index (χ2v) is 13.1. The van der Waals surface area contributed by atoms with E-state index in [1.807, 2.05) is 0 Å². The zero-order chi connectivity index (χ0) is 30.6. The van der Waals surface area contributed by atoms with E-state index in [1.165, 1.54) is 34.9 Å². The van der Waals surface area contributed by atoms with Crippen molar-refractivity contribution in [3.8, 4) is 0 Å². The Morgan fingerprint density at radius 1 is 1.02 bits per heavy atom. The molecule has 5 rings (SSSR count). The maximum atomic E-state index is 11.9. The first-order valence-electron chi connectivity index (χ1n) is 16.0. The van der Waals surface area contributed by atoms with Crippen LogP contribution in [-0.4, -0.2) is 67.7 Å². The summed E-state index contributed by atoms with van der Waals surface area (Å²) in [7, 11) is 0. The van der Waals surface area contributed by atoms with Gasteiger partial charge >= 0.3 is 5.97 Å². The summed E-state index contributed by atoms with van der Waals surface area (Å²) >= 11 is 0. The molecule has 3 heterocycles. The van der Waals surface area contributed by atoms with Crippen LogP contribution in [0, 0.1) is 5.92 Å². The van der Waals surface area contributed by atoms with Crippen molar-refractivity contribution in [2.75, 3.05) is 37.7 Å². The molecule has 0 saturated carbocycles. The number of para-hydroxylation sites is 1. The summed E-state index contributed by atoms with van der Waals surface area (Å²) in [5, 5.41) is 0. The van der Waals surface area contributed by atoms with Crippen molar-refractivity contribution in [2.45, 2.75) is 91.3 Å². The molecule has 1 aromatic carbocycles. The van der Waals surface area contributed by atoms with Gasteiger partial charge in [-0.15, -0.1) is 0 Å². The highest BCUT2D eigenvalue weighted by Gasteiger charge is 2.46. The fourth-order valence-corrected chi connectivity index (χ4v) is 7.09. The number of nitrogens with zero attached hydrogens (tertiary/aromatic N) is 2. The Labute approximate surface area is 258 Å². The van der Waals surface area contributed by atoms with Crippen LogP contribution in [-0.2, 0) is 19.0 Å². The normalized spacial score (nSPS) is 29.8. The number of piperazine rings is 1. The molecular formula is C37H50N2O4. The number of esters is 1. The zero-order valence-electron chi connectivity index (χ0n) is 27.0. The number of ether oxygens (including phenoxy) is 3. The average Bonchev–Trinajstić information content (AvgIpc) is 2.95. The van der Waals surface area contributed by atoms with Gasteiger partial charge in [0.25, 0.3) is 0 Å². The molecule has 1 aromatic rings. The van der Waals surface area contributed by atoms with Crippen molar-refractivity contribution in [3.05, 3.63) is 88.6 Å². The van der Waals surface area contributed by atoms with Crippen molar-refractivity contribution < 1.29 is 19.0 Å². The van der Waals surface area contributed by atoms with Crippen molar-refractivity contribution in [2.24, 2.45) is 5.92 Å².